The van der Waals surface area contributed by atoms with E-state index in [9.17, 15) is 4.79 Å². The van der Waals surface area contributed by atoms with Crippen molar-refractivity contribution in [3.63, 3.8) is 0 Å². The van der Waals surface area contributed by atoms with Gasteiger partial charge in [0.15, 0.2) is 0 Å². The van der Waals surface area contributed by atoms with Crippen LogP contribution in [0.15, 0.2) is 11.1 Å². The molecule has 2 aliphatic rings. The Hall–Kier alpha value is -0.590. The molecule has 0 radical (unpaired) electrons. The van der Waals surface area contributed by atoms with E-state index in [1.807, 2.05) is 0 Å². The van der Waals surface area contributed by atoms with E-state index in [1.165, 1.54) is 17.4 Å². The number of hydrogen-bond donors (Lipinski definition) is 0. The van der Waals surface area contributed by atoms with Gasteiger partial charge in [0.05, 0.1) is 0 Å². The predicted octanol–water partition coefficient (Wildman–Crippen LogP) is 3.59. The molecule has 2 rings (SSSR count). The van der Waals surface area contributed by atoms with Crippen LogP contribution in [0.1, 0.15) is 48.0 Å². The molecular formula is C14H22O. The van der Waals surface area contributed by atoms with Gasteiger partial charge in [-0.25, -0.2) is 0 Å². The van der Waals surface area contributed by atoms with E-state index < -0.39 is 0 Å². The van der Waals surface area contributed by atoms with Crippen LogP contribution in [0.3, 0.4) is 0 Å². The van der Waals surface area contributed by atoms with E-state index in [-0.39, 0.29) is 16.2 Å². The smallest absolute Gasteiger partial charge is 0.126 e. The lowest BCUT2D eigenvalue weighted by atomic mass is 9.61. The standard InChI is InChI=1S/C14H22O/c1-9-10(2)14(6)11(3)13(9,5)7-12(14,4)8-15/h8,11H,7H2,1-6H3/t11-,12+,13+,14-/m0/s1. The maximum absolute atomic E-state index is 11.4. The molecular weight excluding hydrogens is 184 g/mol. The van der Waals surface area contributed by atoms with Gasteiger partial charge >= 0.3 is 0 Å². The molecule has 1 fully saturated rings. The first-order valence-electron chi connectivity index (χ1n) is 5.89. The lowest BCUT2D eigenvalue weighted by Gasteiger charge is -2.41. The van der Waals surface area contributed by atoms with E-state index in [2.05, 4.69) is 41.5 Å². The Kier molecular flexibility index (Phi) is 1.86. The first-order valence-corrected chi connectivity index (χ1v) is 5.89. The number of allylic oxidation sites excluding steroid dienone is 2. The van der Waals surface area contributed by atoms with Crippen LogP contribution in [-0.4, -0.2) is 6.29 Å². The van der Waals surface area contributed by atoms with Crippen molar-refractivity contribution in [2.45, 2.75) is 48.0 Å². The highest BCUT2D eigenvalue weighted by Gasteiger charge is 2.67. The van der Waals surface area contributed by atoms with Gasteiger partial charge in [0.2, 0.25) is 0 Å². The molecule has 0 aliphatic heterocycles. The highest BCUT2D eigenvalue weighted by Crippen LogP contribution is 2.73. The minimum atomic E-state index is -0.162. The van der Waals surface area contributed by atoms with Gasteiger partial charge in [0.25, 0.3) is 0 Å². The average molecular weight is 206 g/mol. The zero-order valence-electron chi connectivity index (χ0n) is 10.8. The third-order valence-corrected chi connectivity index (χ3v) is 6.20. The first kappa shape index (κ1) is 10.9. The Bertz CT molecular complexity index is 366. The summed E-state index contributed by atoms with van der Waals surface area (Å²) in [5.41, 5.74) is 3.14. The minimum Gasteiger partial charge on any atom is -0.303 e. The normalized spacial score (nSPS) is 53.9. The molecule has 0 amide bonds. The molecule has 2 aliphatic carbocycles. The van der Waals surface area contributed by atoms with E-state index >= 15 is 0 Å². The topological polar surface area (TPSA) is 17.1 Å². The molecule has 15 heavy (non-hydrogen) atoms. The van der Waals surface area contributed by atoms with Crippen LogP contribution in [0.5, 0.6) is 0 Å². The second-order valence-corrected chi connectivity index (χ2v) is 6.30. The molecule has 4 atom stereocenters. The summed E-state index contributed by atoms with van der Waals surface area (Å²) < 4.78 is 0. The fourth-order valence-electron chi connectivity index (χ4n) is 4.42. The molecule has 0 aromatic carbocycles. The Morgan fingerprint density at radius 3 is 2.07 bits per heavy atom. The molecule has 0 aromatic rings. The Balaban J connectivity index is 2.69. The second-order valence-electron chi connectivity index (χ2n) is 6.30. The Morgan fingerprint density at radius 1 is 1.20 bits per heavy atom. The highest BCUT2D eigenvalue weighted by molar-refractivity contribution is 5.66. The van der Waals surface area contributed by atoms with Gasteiger partial charge in [-0.05, 0) is 31.6 Å². The lowest BCUT2D eigenvalue weighted by molar-refractivity contribution is -0.119. The summed E-state index contributed by atoms with van der Waals surface area (Å²) >= 11 is 0. The van der Waals surface area contributed by atoms with Gasteiger partial charge in [-0.1, -0.05) is 38.8 Å². The fraction of sp³-hybridized carbons (Fsp3) is 0.786. The van der Waals surface area contributed by atoms with E-state index in [0.717, 1.165) is 6.42 Å². The van der Waals surface area contributed by atoms with Crippen LogP contribution >= 0.6 is 0 Å². The quantitative estimate of drug-likeness (QED) is 0.473. The number of carbonyl (C=O) groups excluding carboxylic acids is 1. The number of rotatable bonds is 1. The van der Waals surface area contributed by atoms with Crippen molar-refractivity contribution in [1.29, 1.82) is 0 Å². The maximum atomic E-state index is 11.4. The van der Waals surface area contributed by atoms with Crippen LogP contribution in [0.25, 0.3) is 0 Å². The first-order chi connectivity index (χ1) is 6.74. The summed E-state index contributed by atoms with van der Waals surface area (Å²) in [4.78, 5) is 11.4. The zero-order chi connectivity index (χ0) is 11.6. The van der Waals surface area contributed by atoms with Crippen molar-refractivity contribution in [3.05, 3.63) is 11.1 Å². The fourth-order valence-corrected chi connectivity index (χ4v) is 4.42. The van der Waals surface area contributed by atoms with Crippen molar-refractivity contribution in [2.75, 3.05) is 0 Å². The number of carbonyl (C=O) groups is 1. The molecule has 1 nitrogen and oxygen atoms in total. The van der Waals surface area contributed by atoms with E-state index in [4.69, 9.17) is 0 Å². The van der Waals surface area contributed by atoms with Gasteiger partial charge in [-0.15, -0.1) is 0 Å². The number of aldehydes is 1. The van der Waals surface area contributed by atoms with Crippen LogP contribution in [-0.2, 0) is 4.79 Å². The Labute approximate surface area is 92.9 Å². The number of fused-ring (bicyclic) bond motifs is 2. The zero-order valence-corrected chi connectivity index (χ0v) is 10.8. The third-order valence-electron chi connectivity index (χ3n) is 6.20. The molecule has 0 N–H and O–H groups in total. The van der Waals surface area contributed by atoms with Crippen LogP contribution in [0, 0.1) is 22.2 Å². The molecule has 0 heterocycles. The van der Waals surface area contributed by atoms with Crippen molar-refractivity contribution in [1.82, 2.24) is 0 Å². The molecule has 2 bridgehead atoms. The maximum Gasteiger partial charge on any atom is 0.126 e. The SMILES string of the molecule is CC1=C(C)[C@@]2(C)C[C@](C)(C=O)[C@]1(C)[C@H]2C. The predicted molar refractivity (Wildman–Crippen MR) is 62.5 cm³/mol. The molecule has 0 saturated heterocycles. The van der Waals surface area contributed by atoms with Crippen LogP contribution < -0.4 is 0 Å². The summed E-state index contributed by atoms with van der Waals surface area (Å²) in [6, 6.07) is 0. The summed E-state index contributed by atoms with van der Waals surface area (Å²) in [5.74, 6) is 0.584. The largest absolute Gasteiger partial charge is 0.303 e. The van der Waals surface area contributed by atoms with Gasteiger partial charge < -0.3 is 4.79 Å². The van der Waals surface area contributed by atoms with Gasteiger partial charge in [0, 0.05) is 10.8 Å². The summed E-state index contributed by atoms with van der Waals surface area (Å²) in [6.45, 7) is 13.5. The van der Waals surface area contributed by atoms with E-state index in [0.29, 0.717) is 5.92 Å². The molecule has 1 heteroatoms. The van der Waals surface area contributed by atoms with Crippen LogP contribution in [0.2, 0.25) is 0 Å². The molecule has 0 unspecified atom stereocenters. The van der Waals surface area contributed by atoms with Gasteiger partial charge in [-0.3, -0.25) is 0 Å². The molecule has 1 saturated carbocycles. The minimum absolute atomic E-state index is 0.0770. The summed E-state index contributed by atoms with van der Waals surface area (Å²) in [7, 11) is 0. The van der Waals surface area contributed by atoms with Crippen molar-refractivity contribution in [2.24, 2.45) is 22.2 Å². The van der Waals surface area contributed by atoms with Gasteiger partial charge in [0.1, 0.15) is 6.29 Å². The van der Waals surface area contributed by atoms with E-state index in [1.54, 1.807) is 0 Å². The highest BCUT2D eigenvalue weighted by atomic mass is 16.1. The van der Waals surface area contributed by atoms with Crippen LogP contribution in [0.4, 0.5) is 0 Å². The molecule has 84 valence electrons. The summed E-state index contributed by atoms with van der Waals surface area (Å²) in [6.07, 6.45) is 2.22. The third kappa shape index (κ3) is 0.847. The molecule has 0 aromatic heterocycles. The van der Waals surface area contributed by atoms with Crippen molar-refractivity contribution < 1.29 is 4.79 Å². The average Bonchev–Trinajstić information content (AvgIpc) is 2.43. The van der Waals surface area contributed by atoms with Crippen molar-refractivity contribution in [3.8, 4) is 0 Å². The summed E-state index contributed by atoms with van der Waals surface area (Å²) in [5, 5.41) is 0. The second kappa shape index (κ2) is 2.56. The van der Waals surface area contributed by atoms with Gasteiger partial charge in [-0.2, -0.15) is 0 Å². The van der Waals surface area contributed by atoms with Crippen molar-refractivity contribution >= 4 is 6.29 Å². The molecule has 0 spiro atoms. The number of hydrogen-bond acceptors (Lipinski definition) is 1. The Morgan fingerprint density at radius 2 is 1.73 bits per heavy atom. The monoisotopic (exact) mass is 206 g/mol. The lowest BCUT2D eigenvalue weighted by Crippen LogP contribution is -2.38.